The van der Waals surface area contributed by atoms with E-state index in [0.29, 0.717) is 33.5 Å². The summed E-state index contributed by atoms with van der Waals surface area (Å²) >= 11 is 7.81. The van der Waals surface area contributed by atoms with Crippen molar-refractivity contribution >= 4 is 39.9 Å². The summed E-state index contributed by atoms with van der Waals surface area (Å²) in [5.41, 5.74) is 2.49. The molecule has 3 aromatic rings. The summed E-state index contributed by atoms with van der Waals surface area (Å²) in [4.78, 5) is 20.0. The fourth-order valence-electron chi connectivity index (χ4n) is 4.05. The number of benzene rings is 1. The lowest BCUT2D eigenvalue weighted by Gasteiger charge is -2.44. The molecular formula is C19H18ClN3O2S. The first-order valence-electron chi connectivity index (χ1n) is 8.83. The summed E-state index contributed by atoms with van der Waals surface area (Å²) in [5.74, 6) is 0.958. The van der Waals surface area contributed by atoms with E-state index in [2.05, 4.69) is 15.2 Å². The van der Waals surface area contributed by atoms with Crippen LogP contribution >= 0.6 is 22.9 Å². The number of thiophene rings is 1. The van der Waals surface area contributed by atoms with Crippen LogP contribution in [0.1, 0.15) is 23.2 Å². The fourth-order valence-corrected chi connectivity index (χ4v) is 4.89. The third-order valence-corrected chi connectivity index (χ3v) is 6.35. The van der Waals surface area contributed by atoms with Crippen molar-refractivity contribution in [1.82, 2.24) is 15.2 Å². The van der Waals surface area contributed by atoms with E-state index in [9.17, 15) is 4.79 Å². The molecule has 6 rings (SSSR count). The Bertz CT molecular complexity index is 961. The Labute approximate surface area is 160 Å². The molecule has 1 atom stereocenters. The van der Waals surface area contributed by atoms with Crippen molar-refractivity contribution in [2.75, 3.05) is 19.6 Å². The molecule has 5 nitrogen and oxygen atoms in total. The number of hydrogen-bond donors (Lipinski definition) is 1. The highest BCUT2D eigenvalue weighted by Crippen LogP contribution is 2.31. The first-order valence-corrected chi connectivity index (χ1v) is 10.2. The van der Waals surface area contributed by atoms with Gasteiger partial charge in [-0.2, -0.15) is 11.3 Å². The predicted octanol–water partition coefficient (Wildman–Crippen LogP) is 4.03. The molecule has 26 heavy (non-hydrogen) atoms. The van der Waals surface area contributed by atoms with Gasteiger partial charge in [-0.15, -0.1) is 0 Å². The van der Waals surface area contributed by atoms with Crippen LogP contribution in [-0.4, -0.2) is 41.5 Å². The quantitative estimate of drug-likeness (QED) is 0.737. The van der Waals surface area contributed by atoms with E-state index in [1.54, 1.807) is 23.5 Å². The number of amides is 1. The molecule has 1 N–H and O–H groups in total. The van der Waals surface area contributed by atoms with E-state index >= 15 is 0 Å². The number of hydrogen-bond acceptors (Lipinski definition) is 5. The predicted molar refractivity (Wildman–Crippen MR) is 103 cm³/mol. The van der Waals surface area contributed by atoms with Gasteiger partial charge in [-0.25, -0.2) is 4.98 Å². The molecule has 0 aliphatic carbocycles. The van der Waals surface area contributed by atoms with Crippen molar-refractivity contribution in [3.8, 4) is 11.5 Å². The van der Waals surface area contributed by atoms with Gasteiger partial charge in [0, 0.05) is 34.6 Å². The Hall–Kier alpha value is -1.89. The molecule has 5 heterocycles. The first kappa shape index (κ1) is 16.3. The number of halogens is 1. The number of aromatic nitrogens is 1. The summed E-state index contributed by atoms with van der Waals surface area (Å²) in [5, 5.41) is 7.63. The van der Waals surface area contributed by atoms with Crippen LogP contribution in [0.5, 0.6) is 0 Å². The largest absolute Gasteiger partial charge is 0.436 e. The van der Waals surface area contributed by atoms with E-state index in [0.717, 1.165) is 38.0 Å². The van der Waals surface area contributed by atoms with Crippen molar-refractivity contribution in [3.05, 3.63) is 39.5 Å². The van der Waals surface area contributed by atoms with Crippen LogP contribution in [-0.2, 0) is 0 Å². The summed E-state index contributed by atoms with van der Waals surface area (Å²) < 4.78 is 5.85. The summed E-state index contributed by atoms with van der Waals surface area (Å²) in [6.07, 6.45) is 2.31. The van der Waals surface area contributed by atoms with E-state index in [-0.39, 0.29) is 11.9 Å². The molecule has 0 saturated carbocycles. The molecular weight excluding hydrogens is 370 g/mol. The van der Waals surface area contributed by atoms with Crippen molar-refractivity contribution in [1.29, 1.82) is 0 Å². The van der Waals surface area contributed by atoms with Crippen LogP contribution in [0.4, 0.5) is 0 Å². The number of piperidine rings is 3. The van der Waals surface area contributed by atoms with Gasteiger partial charge in [0.05, 0.1) is 5.56 Å². The van der Waals surface area contributed by atoms with Gasteiger partial charge in [0.1, 0.15) is 5.52 Å². The monoisotopic (exact) mass is 387 g/mol. The van der Waals surface area contributed by atoms with Crippen molar-refractivity contribution in [2.24, 2.45) is 5.92 Å². The van der Waals surface area contributed by atoms with Crippen molar-refractivity contribution < 1.29 is 9.21 Å². The second-order valence-corrected chi connectivity index (χ2v) is 8.27. The van der Waals surface area contributed by atoms with Gasteiger partial charge in [0.15, 0.2) is 5.58 Å². The Morgan fingerprint density at radius 1 is 1.35 bits per heavy atom. The molecule has 0 spiro atoms. The molecule has 1 aromatic carbocycles. The first-order chi connectivity index (χ1) is 12.7. The molecule has 0 unspecified atom stereocenters. The maximum atomic E-state index is 13.0. The van der Waals surface area contributed by atoms with E-state index in [1.165, 1.54) is 0 Å². The van der Waals surface area contributed by atoms with Gasteiger partial charge in [-0.1, -0.05) is 11.6 Å². The average molecular weight is 388 g/mol. The van der Waals surface area contributed by atoms with Gasteiger partial charge >= 0.3 is 0 Å². The zero-order chi connectivity index (χ0) is 17.7. The number of nitrogens with one attached hydrogen (secondary N) is 1. The molecule has 3 fully saturated rings. The molecule has 134 valence electrons. The van der Waals surface area contributed by atoms with E-state index in [1.807, 2.05) is 16.8 Å². The molecule has 2 aromatic heterocycles. The van der Waals surface area contributed by atoms with Gasteiger partial charge in [0.25, 0.3) is 5.91 Å². The van der Waals surface area contributed by atoms with Crippen molar-refractivity contribution in [3.63, 3.8) is 0 Å². The van der Waals surface area contributed by atoms with Crippen LogP contribution < -0.4 is 5.32 Å². The summed E-state index contributed by atoms with van der Waals surface area (Å²) in [7, 11) is 0. The fraction of sp³-hybridized carbons (Fsp3) is 0.368. The average Bonchev–Trinajstić information content (AvgIpc) is 3.31. The molecule has 3 aliphatic rings. The molecule has 2 bridgehead atoms. The number of fused-ring (bicyclic) bond motifs is 4. The third kappa shape index (κ3) is 2.82. The lowest BCUT2D eigenvalue weighted by Crippen LogP contribution is -2.57. The lowest BCUT2D eigenvalue weighted by atomic mass is 9.84. The van der Waals surface area contributed by atoms with Crippen LogP contribution in [0.25, 0.3) is 22.6 Å². The second-order valence-electron chi connectivity index (χ2n) is 7.05. The highest BCUT2D eigenvalue weighted by molar-refractivity contribution is 7.08. The minimum Gasteiger partial charge on any atom is -0.436 e. The lowest BCUT2D eigenvalue weighted by molar-refractivity contribution is 0.0621. The Balaban J connectivity index is 1.48. The van der Waals surface area contributed by atoms with Gasteiger partial charge < -0.3 is 14.6 Å². The molecule has 1 amide bonds. The van der Waals surface area contributed by atoms with Gasteiger partial charge in [-0.05, 0) is 49.4 Å². The van der Waals surface area contributed by atoms with Crippen LogP contribution in [0, 0.1) is 5.92 Å². The second kappa shape index (κ2) is 6.37. The number of carbonyl (C=O) groups excluding carboxylic acids is 1. The zero-order valence-corrected chi connectivity index (χ0v) is 15.6. The Morgan fingerprint density at radius 2 is 2.19 bits per heavy atom. The van der Waals surface area contributed by atoms with E-state index in [4.69, 9.17) is 16.0 Å². The van der Waals surface area contributed by atoms with Crippen LogP contribution in [0.2, 0.25) is 5.02 Å². The van der Waals surface area contributed by atoms with E-state index < -0.39 is 0 Å². The van der Waals surface area contributed by atoms with Gasteiger partial charge in [-0.3, -0.25) is 4.79 Å². The number of rotatable bonds is 3. The standard InChI is InChI=1S/C19H18ClN3O2S/c20-13-7-14(18(24)21-15-9-23-4-1-11(15)2-5-23)17-16(8-13)25-19(22-17)12-3-6-26-10-12/h3,6-8,10-11,15H,1-2,4-5,9H2,(H,21,24)/t15-/m1/s1. The topological polar surface area (TPSA) is 58.4 Å². The molecule has 0 radical (unpaired) electrons. The van der Waals surface area contributed by atoms with Crippen LogP contribution in [0.3, 0.4) is 0 Å². The summed E-state index contributed by atoms with van der Waals surface area (Å²) in [6, 6.07) is 5.54. The van der Waals surface area contributed by atoms with Crippen molar-refractivity contribution in [2.45, 2.75) is 18.9 Å². The molecule has 3 aliphatic heterocycles. The van der Waals surface area contributed by atoms with Crippen LogP contribution in [0.15, 0.2) is 33.4 Å². The molecule has 7 heteroatoms. The number of carbonyl (C=O) groups is 1. The highest BCUT2D eigenvalue weighted by atomic mass is 35.5. The van der Waals surface area contributed by atoms with Gasteiger partial charge in [0.2, 0.25) is 5.89 Å². The third-order valence-electron chi connectivity index (χ3n) is 5.45. The normalized spacial score (nSPS) is 24.9. The maximum absolute atomic E-state index is 13.0. The highest BCUT2D eigenvalue weighted by Gasteiger charge is 2.35. The maximum Gasteiger partial charge on any atom is 0.253 e. The summed E-state index contributed by atoms with van der Waals surface area (Å²) in [6.45, 7) is 3.22. The number of oxazole rings is 1. The smallest absolute Gasteiger partial charge is 0.253 e. The Kier molecular flexibility index (Phi) is 3.99. The minimum absolute atomic E-state index is 0.124. The zero-order valence-electron chi connectivity index (χ0n) is 14.1. The SMILES string of the molecule is O=C(N[C@@H]1CN2CCC1CC2)c1cc(Cl)cc2oc(-c3ccsc3)nc12. The number of nitrogens with zero attached hydrogens (tertiary/aromatic N) is 2. The Morgan fingerprint density at radius 3 is 2.88 bits per heavy atom. The minimum atomic E-state index is -0.124. The molecule has 3 saturated heterocycles.